The van der Waals surface area contributed by atoms with Crippen molar-refractivity contribution in [3.05, 3.63) is 114 Å². The van der Waals surface area contributed by atoms with Gasteiger partial charge in [-0.15, -0.1) is 0 Å². The second-order valence-corrected chi connectivity index (χ2v) is 12.0. The summed E-state index contributed by atoms with van der Waals surface area (Å²) in [6.45, 7) is 1.93. The van der Waals surface area contributed by atoms with Crippen LogP contribution in [-0.2, 0) is 21.8 Å². The van der Waals surface area contributed by atoms with E-state index in [1.165, 1.54) is 11.1 Å². The molecule has 7 heteroatoms. The van der Waals surface area contributed by atoms with Crippen LogP contribution in [0.3, 0.4) is 0 Å². The first-order valence-corrected chi connectivity index (χ1v) is 14.7. The largest absolute Gasteiger partial charge is 0.465 e. The maximum atomic E-state index is 14.6. The first kappa shape index (κ1) is 25.1. The average Bonchev–Trinajstić information content (AvgIpc) is 3.50. The molecule has 0 aliphatic rings. The highest BCUT2D eigenvalue weighted by Gasteiger charge is 2.32. The van der Waals surface area contributed by atoms with Crippen molar-refractivity contribution in [3.8, 4) is 11.1 Å². The molecule has 6 nitrogen and oxygen atoms in total. The van der Waals surface area contributed by atoms with Crippen molar-refractivity contribution in [2.45, 2.75) is 11.8 Å². The van der Waals surface area contributed by atoms with Gasteiger partial charge in [-0.3, -0.25) is 0 Å². The number of ether oxygens (including phenoxy) is 1. The summed E-state index contributed by atoms with van der Waals surface area (Å²) in [6.07, 6.45) is 0. The molecular formula is C34H26N2O4S. The lowest BCUT2D eigenvalue weighted by Crippen LogP contribution is -2.14. The van der Waals surface area contributed by atoms with Gasteiger partial charge in [0, 0.05) is 39.7 Å². The van der Waals surface area contributed by atoms with Gasteiger partial charge in [-0.05, 0) is 36.8 Å². The zero-order valence-corrected chi connectivity index (χ0v) is 23.6. The smallest absolute Gasteiger partial charge is 0.339 e. The predicted octanol–water partition coefficient (Wildman–Crippen LogP) is 7.44. The molecule has 2 aromatic heterocycles. The Morgan fingerprint density at radius 1 is 0.707 bits per heavy atom. The van der Waals surface area contributed by atoms with E-state index >= 15 is 0 Å². The van der Waals surface area contributed by atoms with E-state index in [1.54, 1.807) is 24.3 Å². The van der Waals surface area contributed by atoms with Gasteiger partial charge < -0.3 is 9.30 Å². The Kier molecular flexibility index (Phi) is 5.56. The van der Waals surface area contributed by atoms with Gasteiger partial charge in [0.1, 0.15) is 0 Å². The van der Waals surface area contributed by atoms with Crippen molar-refractivity contribution >= 4 is 59.6 Å². The number of methoxy groups -OCH3 is 1. The van der Waals surface area contributed by atoms with Crippen LogP contribution >= 0.6 is 0 Å². The monoisotopic (exact) mass is 558 g/mol. The maximum Gasteiger partial charge on any atom is 0.339 e. The first-order valence-electron chi connectivity index (χ1n) is 13.3. The lowest BCUT2D eigenvalue weighted by atomic mass is 9.90. The van der Waals surface area contributed by atoms with Crippen LogP contribution in [-0.4, -0.2) is 30.0 Å². The van der Waals surface area contributed by atoms with Gasteiger partial charge in [-0.1, -0.05) is 84.4 Å². The maximum absolute atomic E-state index is 14.6. The minimum absolute atomic E-state index is 0.191. The van der Waals surface area contributed by atoms with Gasteiger partial charge in [0.15, 0.2) is 0 Å². The number of carbonyl (C=O) groups is 1. The van der Waals surface area contributed by atoms with E-state index in [0.29, 0.717) is 38.4 Å². The number of rotatable bonds is 4. The van der Waals surface area contributed by atoms with Crippen LogP contribution in [0, 0.1) is 6.92 Å². The topological polar surface area (TPSA) is 70.3 Å². The van der Waals surface area contributed by atoms with Gasteiger partial charge in [0.05, 0.1) is 34.1 Å². The fourth-order valence-corrected chi connectivity index (χ4v) is 7.65. The van der Waals surface area contributed by atoms with E-state index in [0.717, 1.165) is 27.4 Å². The molecule has 0 fully saturated rings. The van der Waals surface area contributed by atoms with Crippen molar-refractivity contribution in [3.63, 3.8) is 0 Å². The summed E-state index contributed by atoms with van der Waals surface area (Å²) in [5, 5.41) is 2.91. The Bertz CT molecular complexity index is 2280. The summed E-state index contributed by atoms with van der Waals surface area (Å²) in [6, 6.07) is 31.8. The molecule has 0 bridgehead atoms. The summed E-state index contributed by atoms with van der Waals surface area (Å²) in [5.41, 5.74) is 5.40. The molecule has 5 aromatic carbocycles. The number of para-hydroxylation sites is 2. The minimum Gasteiger partial charge on any atom is -0.465 e. The molecule has 2 heterocycles. The number of carbonyl (C=O) groups excluding carboxylic acids is 1. The number of hydrogen-bond donors (Lipinski definition) is 0. The molecule has 0 unspecified atom stereocenters. The SMILES string of the molecule is COC(=O)c1c(-c2ccccc2)c2c3ccccc3n(S(=O)(=O)c3ccc(C)cc3)c2c2c1c1ccccc1n2C. The number of hydrogen-bond acceptors (Lipinski definition) is 4. The molecule has 7 rings (SSSR count). The molecule has 0 N–H and O–H groups in total. The second kappa shape index (κ2) is 9.08. The van der Waals surface area contributed by atoms with Crippen molar-refractivity contribution in [2.24, 2.45) is 7.05 Å². The van der Waals surface area contributed by atoms with Crippen molar-refractivity contribution in [1.82, 2.24) is 8.54 Å². The fraction of sp³-hybridized carbons (Fsp3) is 0.0882. The third kappa shape index (κ3) is 3.49. The zero-order valence-electron chi connectivity index (χ0n) is 22.8. The number of benzene rings is 5. The van der Waals surface area contributed by atoms with E-state index in [1.807, 2.05) is 97.4 Å². The normalized spacial score (nSPS) is 12.1. The number of esters is 1. The molecular weight excluding hydrogens is 532 g/mol. The molecule has 0 atom stereocenters. The molecule has 7 aromatic rings. The number of aromatic nitrogens is 2. The lowest BCUT2D eigenvalue weighted by Gasteiger charge is -2.16. The Hall–Kier alpha value is -4.88. The van der Waals surface area contributed by atoms with E-state index in [9.17, 15) is 13.2 Å². The summed E-state index contributed by atoms with van der Waals surface area (Å²) in [7, 11) is -0.773. The van der Waals surface area contributed by atoms with Crippen LogP contribution in [0.4, 0.5) is 0 Å². The molecule has 0 saturated carbocycles. The van der Waals surface area contributed by atoms with Crippen LogP contribution in [0.1, 0.15) is 15.9 Å². The Balaban J connectivity index is 1.85. The van der Waals surface area contributed by atoms with Gasteiger partial charge in [0.2, 0.25) is 0 Å². The Morgan fingerprint density at radius 2 is 1.29 bits per heavy atom. The van der Waals surface area contributed by atoms with Gasteiger partial charge in [0.25, 0.3) is 10.0 Å². The summed E-state index contributed by atoms with van der Waals surface area (Å²) in [5.74, 6) is -0.481. The highest BCUT2D eigenvalue weighted by molar-refractivity contribution is 7.90. The predicted molar refractivity (Wildman–Crippen MR) is 164 cm³/mol. The Morgan fingerprint density at radius 3 is 1.95 bits per heavy atom. The van der Waals surface area contributed by atoms with Crippen LogP contribution in [0.15, 0.2) is 108 Å². The van der Waals surface area contributed by atoms with Crippen LogP contribution < -0.4 is 0 Å². The quantitative estimate of drug-likeness (QED) is 0.211. The van der Waals surface area contributed by atoms with E-state index in [2.05, 4.69) is 0 Å². The molecule has 0 saturated heterocycles. The summed E-state index contributed by atoms with van der Waals surface area (Å²) >= 11 is 0. The third-order valence-electron chi connectivity index (χ3n) is 7.92. The minimum atomic E-state index is -4.06. The van der Waals surface area contributed by atoms with E-state index in [4.69, 9.17) is 4.74 Å². The zero-order chi connectivity index (χ0) is 28.5. The van der Waals surface area contributed by atoms with Crippen LogP contribution in [0.2, 0.25) is 0 Å². The van der Waals surface area contributed by atoms with E-state index in [-0.39, 0.29) is 4.90 Å². The Labute approximate surface area is 237 Å². The fourth-order valence-electron chi connectivity index (χ4n) is 6.12. The van der Waals surface area contributed by atoms with Gasteiger partial charge in [-0.25, -0.2) is 17.2 Å². The first-order chi connectivity index (χ1) is 19.8. The molecule has 0 spiro atoms. The molecule has 0 aliphatic heterocycles. The van der Waals surface area contributed by atoms with Gasteiger partial charge >= 0.3 is 5.97 Å². The molecule has 0 amide bonds. The van der Waals surface area contributed by atoms with Crippen molar-refractivity contribution in [2.75, 3.05) is 7.11 Å². The second-order valence-electron chi connectivity index (χ2n) is 10.2. The van der Waals surface area contributed by atoms with Crippen LogP contribution in [0.25, 0.3) is 54.7 Å². The standard InChI is InChI=1S/C34H26N2O4S/c1-21-17-19-23(20-18-21)41(38,39)36-27-16-10-8-14-25(27)29-28(22-11-5-4-6-12-22)31(34(37)40-3)30-24-13-7-9-15-26(24)35(2)32(30)33(29)36/h4-20H,1-3H3. The summed E-state index contributed by atoms with van der Waals surface area (Å²) in [4.78, 5) is 13.9. The lowest BCUT2D eigenvalue weighted by molar-refractivity contribution is 0.0604. The van der Waals surface area contributed by atoms with Crippen molar-refractivity contribution < 1.29 is 17.9 Å². The summed E-state index contributed by atoms with van der Waals surface area (Å²) < 4.78 is 38.0. The highest BCUT2D eigenvalue weighted by Crippen LogP contribution is 2.48. The molecule has 0 radical (unpaired) electrons. The van der Waals surface area contributed by atoms with Crippen LogP contribution in [0.5, 0.6) is 0 Å². The van der Waals surface area contributed by atoms with Crippen molar-refractivity contribution in [1.29, 1.82) is 0 Å². The number of fused-ring (bicyclic) bond motifs is 7. The third-order valence-corrected chi connectivity index (χ3v) is 9.65. The highest BCUT2D eigenvalue weighted by atomic mass is 32.2. The molecule has 0 aliphatic carbocycles. The molecule has 202 valence electrons. The number of nitrogens with zero attached hydrogens (tertiary/aromatic N) is 2. The number of aryl methyl sites for hydroxylation is 2. The van der Waals surface area contributed by atoms with E-state index < -0.39 is 16.0 Å². The average molecular weight is 559 g/mol. The van der Waals surface area contributed by atoms with Gasteiger partial charge in [-0.2, -0.15) is 0 Å². The molecule has 41 heavy (non-hydrogen) atoms.